The molecule has 0 unspecified atom stereocenters. The highest BCUT2D eigenvalue weighted by Crippen LogP contribution is 2.31. The van der Waals surface area contributed by atoms with Crippen LogP contribution < -0.4 is 19.0 Å². The zero-order valence-corrected chi connectivity index (χ0v) is 21.9. The minimum absolute atomic E-state index is 0.356. The molecule has 35 heavy (non-hydrogen) atoms. The molecule has 0 fully saturated rings. The predicted octanol–water partition coefficient (Wildman–Crippen LogP) is 3.84. The van der Waals surface area contributed by atoms with Crippen molar-refractivity contribution in [3.05, 3.63) is 67.6 Å². The average molecular weight is 553 g/mol. The SMILES string of the molecule is CCOc1cccc2cc(S(=O)(=O)CS(=O)(=O)c3cc4cccc(OCC)c4sc3=O)c(=O)sc12. The van der Waals surface area contributed by atoms with Gasteiger partial charge in [0.15, 0.2) is 24.8 Å². The second-order valence-electron chi connectivity index (χ2n) is 7.36. The number of benzene rings is 2. The molecule has 0 aliphatic heterocycles. The van der Waals surface area contributed by atoms with Crippen molar-refractivity contribution < 1.29 is 26.3 Å². The Kier molecular flexibility index (Phi) is 7.00. The highest BCUT2D eigenvalue weighted by Gasteiger charge is 2.31. The molecule has 8 nitrogen and oxygen atoms in total. The van der Waals surface area contributed by atoms with E-state index < -0.39 is 44.0 Å². The van der Waals surface area contributed by atoms with Crippen LogP contribution in [0.1, 0.15) is 13.8 Å². The van der Waals surface area contributed by atoms with Gasteiger partial charge in [-0.2, -0.15) is 0 Å². The van der Waals surface area contributed by atoms with Crippen LogP contribution in [0.3, 0.4) is 0 Å². The fraction of sp³-hybridized carbons (Fsp3) is 0.217. The fourth-order valence-corrected chi connectivity index (χ4v) is 9.92. The summed E-state index contributed by atoms with van der Waals surface area (Å²) < 4.78 is 62.6. The smallest absolute Gasteiger partial charge is 0.251 e. The van der Waals surface area contributed by atoms with E-state index in [9.17, 15) is 26.4 Å². The summed E-state index contributed by atoms with van der Waals surface area (Å²) in [5.41, 5.74) is 0. The van der Waals surface area contributed by atoms with E-state index >= 15 is 0 Å². The lowest BCUT2D eigenvalue weighted by Crippen LogP contribution is -2.24. The number of sulfone groups is 2. The van der Waals surface area contributed by atoms with Crippen molar-refractivity contribution in [2.24, 2.45) is 0 Å². The first-order chi connectivity index (χ1) is 16.6. The summed E-state index contributed by atoms with van der Waals surface area (Å²) in [5, 5.41) is -0.549. The molecule has 0 aliphatic rings. The van der Waals surface area contributed by atoms with Crippen LogP contribution in [0.4, 0.5) is 0 Å². The summed E-state index contributed by atoms with van der Waals surface area (Å²) in [5.74, 6) is 0.868. The zero-order chi connectivity index (χ0) is 25.4. The van der Waals surface area contributed by atoms with Gasteiger partial charge in [-0.1, -0.05) is 46.9 Å². The lowest BCUT2D eigenvalue weighted by Gasteiger charge is -2.10. The standard InChI is InChI=1S/C23H20O8S4/c1-3-30-16-9-5-7-14-11-18(22(24)32-20(14)16)34(26,27)13-35(28,29)19-12-15-8-6-10-17(31-4-2)21(15)33-23(19)25/h5-12H,3-4,13H2,1-2H3. The van der Waals surface area contributed by atoms with E-state index in [-0.39, 0.29) is 0 Å². The first kappa shape index (κ1) is 25.3. The Morgan fingerprint density at radius 1 is 0.686 bits per heavy atom. The third-order valence-electron chi connectivity index (χ3n) is 4.96. The lowest BCUT2D eigenvalue weighted by molar-refractivity contribution is 0.344. The maximum atomic E-state index is 13.1. The molecule has 0 N–H and O–H groups in total. The molecule has 0 spiro atoms. The molecule has 12 heteroatoms. The van der Waals surface area contributed by atoms with E-state index in [1.54, 1.807) is 50.2 Å². The van der Waals surface area contributed by atoms with E-state index in [1.165, 1.54) is 0 Å². The first-order valence-corrected chi connectivity index (χ1v) is 15.4. The predicted molar refractivity (Wildman–Crippen MR) is 138 cm³/mol. The van der Waals surface area contributed by atoms with Crippen molar-refractivity contribution in [3.8, 4) is 11.5 Å². The molecule has 4 rings (SSSR count). The second-order valence-corrected chi connectivity index (χ2v) is 13.6. The third kappa shape index (κ3) is 4.96. The molecule has 2 aromatic carbocycles. The molecule has 0 aliphatic carbocycles. The Morgan fingerprint density at radius 3 is 1.46 bits per heavy atom. The van der Waals surface area contributed by atoms with Crippen molar-refractivity contribution in [2.75, 3.05) is 18.3 Å². The van der Waals surface area contributed by atoms with Crippen molar-refractivity contribution >= 4 is 62.5 Å². The molecule has 0 saturated heterocycles. The van der Waals surface area contributed by atoms with Crippen LogP contribution in [0, 0.1) is 0 Å². The van der Waals surface area contributed by atoms with Gasteiger partial charge in [0, 0.05) is 0 Å². The molecule has 0 saturated carbocycles. The summed E-state index contributed by atoms with van der Waals surface area (Å²) in [4.78, 5) is 24.2. The van der Waals surface area contributed by atoms with Crippen LogP contribution in [0.2, 0.25) is 0 Å². The van der Waals surface area contributed by atoms with Gasteiger partial charge in [0.05, 0.1) is 22.6 Å². The van der Waals surface area contributed by atoms with Gasteiger partial charge in [0.2, 0.25) is 0 Å². The van der Waals surface area contributed by atoms with Gasteiger partial charge in [0.25, 0.3) is 9.48 Å². The Morgan fingerprint density at radius 2 is 1.09 bits per heavy atom. The molecule has 4 aromatic rings. The second kappa shape index (κ2) is 9.69. The van der Waals surface area contributed by atoms with Crippen LogP contribution >= 0.6 is 22.7 Å². The van der Waals surface area contributed by atoms with Gasteiger partial charge < -0.3 is 9.47 Å². The van der Waals surface area contributed by atoms with Crippen LogP contribution in [0.25, 0.3) is 20.2 Å². The molecule has 0 bridgehead atoms. The summed E-state index contributed by atoms with van der Waals surface area (Å²) >= 11 is 1.33. The molecule has 0 radical (unpaired) electrons. The van der Waals surface area contributed by atoms with Gasteiger partial charge in [0.1, 0.15) is 21.3 Å². The lowest BCUT2D eigenvalue weighted by atomic mass is 10.2. The number of hydrogen-bond donors (Lipinski definition) is 0. The van der Waals surface area contributed by atoms with Crippen molar-refractivity contribution in [1.29, 1.82) is 0 Å². The molecule has 0 atom stereocenters. The normalized spacial score (nSPS) is 12.2. The fourth-order valence-electron chi connectivity index (χ4n) is 3.50. The Labute approximate surface area is 209 Å². The van der Waals surface area contributed by atoms with Gasteiger partial charge in [-0.15, -0.1) is 0 Å². The third-order valence-corrected chi connectivity index (χ3v) is 11.7. The molecule has 0 amide bonds. The minimum Gasteiger partial charge on any atom is -0.492 e. The first-order valence-electron chi connectivity index (χ1n) is 10.4. The van der Waals surface area contributed by atoms with E-state index in [0.29, 0.717) is 67.6 Å². The number of fused-ring (bicyclic) bond motifs is 2. The van der Waals surface area contributed by atoms with E-state index in [0.717, 1.165) is 12.1 Å². The van der Waals surface area contributed by atoms with Crippen LogP contribution in [0.5, 0.6) is 11.5 Å². The van der Waals surface area contributed by atoms with Gasteiger partial charge in [-0.25, -0.2) is 16.8 Å². The number of hydrogen-bond acceptors (Lipinski definition) is 10. The topological polar surface area (TPSA) is 121 Å². The average Bonchev–Trinajstić information content (AvgIpc) is 2.78. The van der Waals surface area contributed by atoms with Crippen molar-refractivity contribution in [3.63, 3.8) is 0 Å². The Hall–Kier alpha value is -2.80. The highest BCUT2D eigenvalue weighted by molar-refractivity contribution is 8.08. The van der Waals surface area contributed by atoms with Gasteiger partial charge in [-0.05, 0) is 48.9 Å². The molecule has 2 aromatic heterocycles. The number of ether oxygens (including phenoxy) is 2. The summed E-state index contributed by atoms with van der Waals surface area (Å²) in [6.45, 7) is 4.27. The van der Waals surface area contributed by atoms with E-state index in [4.69, 9.17) is 9.47 Å². The Bertz CT molecular complexity index is 1640. The molecule has 184 valence electrons. The molecular formula is C23H20O8S4. The molecule has 2 heterocycles. The van der Waals surface area contributed by atoms with Gasteiger partial charge in [-0.3, -0.25) is 9.59 Å². The van der Waals surface area contributed by atoms with E-state index in [1.807, 2.05) is 0 Å². The summed E-state index contributed by atoms with van der Waals surface area (Å²) in [7, 11) is -9.18. The van der Waals surface area contributed by atoms with Crippen molar-refractivity contribution in [1.82, 2.24) is 0 Å². The quantitative estimate of drug-likeness (QED) is 0.323. The van der Waals surface area contributed by atoms with Crippen LogP contribution in [0.15, 0.2) is 67.9 Å². The summed E-state index contributed by atoms with van der Waals surface area (Å²) in [6.07, 6.45) is 0. The van der Waals surface area contributed by atoms with Crippen LogP contribution in [-0.4, -0.2) is 35.1 Å². The zero-order valence-electron chi connectivity index (χ0n) is 18.6. The van der Waals surface area contributed by atoms with Crippen molar-refractivity contribution in [2.45, 2.75) is 23.6 Å². The Balaban J connectivity index is 1.78. The largest absolute Gasteiger partial charge is 0.492 e. The van der Waals surface area contributed by atoms with E-state index in [2.05, 4.69) is 0 Å². The van der Waals surface area contributed by atoms with Crippen LogP contribution in [-0.2, 0) is 19.7 Å². The maximum absolute atomic E-state index is 13.1. The molecular weight excluding hydrogens is 533 g/mol. The maximum Gasteiger partial charge on any atom is 0.251 e. The number of rotatable bonds is 8. The summed E-state index contributed by atoms with van der Waals surface area (Å²) in [6, 6.07) is 12.1. The monoisotopic (exact) mass is 552 g/mol. The van der Waals surface area contributed by atoms with Gasteiger partial charge >= 0.3 is 0 Å². The highest BCUT2D eigenvalue weighted by atomic mass is 32.3. The minimum atomic E-state index is -4.59.